The SMILES string of the molecule is Cc1ccc(C2=CSC3=NC4=C(CN(C)C/C4=C\c4ccc(Cl)cc4)[C@@H](c4ccc(Cl)cc4)N23)cc1. The second-order valence-electron chi connectivity index (χ2n) is 9.47. The zero-order chi connectivity index (χ0) is 24.8. The molecular weight excluding hydrogens is 505 g/mol. The molecule has 0 spiro atoms. The second-order valence-corrected chi connectivity index (χ2v) is 11.2. The lowest BCUT2D eigenvalue weighted by atomic mass is 9.88. The fraction of sp³-hybridized carbons (Fsp3) is 0.167. The van der Waals surface area contributed by atoms with Crippen LogP contribution in [-0.2, 0) is 0 Å². The van der Waals surface area contributed by atoms with E-state index in [4.69, 9.17) is 28.2 Å². The smallest absolute Gasteiger partial charge is 0.174 e. The van der Waals surface area contributed by atoms with Crippen molar-refractivity contribution in [2.45, 2.75) is 13.0 Å². The van der Waals surface area contributed by atoms with Crippen molar-refractivity contribution < 1.29 is 0 Å². The fourth-order valence-electron chi connectivity index (χ4n) is 5.06. The van der Waals surface area contributed by atoms with E-state index in [1.165, 1.54) is 33.5 Å². The van der Waals surface area contributed by atoms with Gasteiger partial charge in [-0.3, -0.25) is 4.90 Å². The van der Waals surface area contributed by atoms with Gasteiger partial charge in [0.1, 0.15) is 0 Å². The summed E-state index contributed by atoms with van der Waals surface area (Å²) >= 11 is 14.1. The molecule has 3 aliphatic heterocycles. The first kappa shape index (κ1) is 23.6. The van der Waals surface area contributed by atoms with E-state index < -0.39 is 0 Å². The minimum absolute atomic E-state index is 0.0312. The van der Waals surface area contributed by atoms with Crippen LogP contribution in [0.5, 0.6) is 0 Å². The Morgan fingerprint density at radius 1 is 0.889 bits per heavy atom. The van der Waals surface area contributed by atoms with Crippen molar-refractivity contribution in [3.05, 3.63) is 127 Å². The standard InChI is InChI=1S/C30H25Cl2N3S/c1-19-3-7-21(8-4-19)27-18-36-30-33-28-23(15-20-5-11-24(31)12-6-20)16-34(2)17-26(28)29(35(27)30)22-9-13-25(32)14-10-22/h3-15,18,29H,16-17H2,1-2H3/b23-15+/t29-/m1/s1. The quantitative estimate of drug-likeness (QED) is 0.342. The van der Waals surface area contributed by atoms with E-state index in [0.29, 0.717) is 0 Å². The Labute approximate surface area is 226 Å². The minimum Gasteiger partial charge on any atom is -0.308 e. The largest absolute Gasteiger partial charge is 0.308 e. The number of hydrogen-bond acceptors (Lipinski definition) is 4. The lowest BCUT2D eigenvalue weighted by molar-refractivity contribution is 0.344. The van der Waals surface area contributed by atoms with E-state index >= 15 is 0 Å². The molecule has 0 fully saturated rings. The fourth-order valence-corrected chi connectivity index (χ4v) is 6.24. The average Bonchev–Trinajstić information content (AvgIpc) is 3.29. The van der Waals surface area contributed by atoms with Crippen molar-refractivity contribution in [1.82, 2.24) is 9.80 Å². The maximum absolute atomic E-state index is 6.29. The number of aryl methyl sites for hydroxylation is 1. The molecule has 3 aliphatic rings. The van der Waals surface area contributed by atoms with Crippen LogP contribution in [0.25, 0.3) is 11.8 Å². The summed E-state index contributed by atoms with van der Waals surface area (Å²) in [5, 5.41) is 4.73. The molecule has 3 aromatic carbocycles. The Morgan fingerprint density at radius 3 is 2.25 bits per heavy atom. The van der Waals surface area contributed by atoms with Gasteiger partial charge in [0.25, 0.3) is 0 Å². The monoisotopic (exact) mass is 529 g/mol. The summed E-state index contributed by atoms with van der Waals surface area (Å²) in [5.74, 6) is 0. The Morgan fingerprint density at radius 2 is 1.56 bits per heavy atom. The number of rotatable bonds is 3. The van der Waals surface area contributed by atoms with Gasteiger partial charge in [-0.25, -0.2) is 4.99 Å². The number of aliphatic imine (C=N–C) groups is 1. The molecule has 6 heteroatoms. The highest BCUT2D eigenvalue weighted by Crippen LogP contribution is 2.49. The zero-order valence-corrected chi connectivity index (χ0v) is 22.4. The summed E-state index contributed by atoms with van der Waals surface area (Å²) in [6.07, 6.45) is 2.24. The number of thioether (sulfide) groups is 1. The van der Waals surface area contributed by atoms with Gasteiger partial charge in [0.15, 0.2) is 5.17 Å². The van der Waals surface area contributed by atoms with Gasteiger partial charge in [-0.15, -0.1) is 0 Å². The predicted molar refractivity (Wildman–Crippen MR) is 154 cm³/mol. The highest BCUT2D eigenvalue weighted by Gasteiger charge is 2.41. The Balaban J connectivity index is 1.50. The van der Waals surface area contributed by atoms with Crippen LogP contribution in [0, 0.1) is 6.92 Å². The second kappa shape index (κ2) is 9.60. The van der Waals surface area contributed by atoms with Gasteiger partial charge in [0.2, 0.25) is 0 Å². The first-order chi connectivity index (χ1) is 17.5. The molecular formula is C30H25Cl2N3S. The first-order valence-corrected chi connectivity index (χ1v) is 13.6. The molecule has 6 rings (SSSR count). The molecule has 0 saturated heterocycles. The summed E-state index contributed by atoms with van der Waals surface area (Å²) in [5.41, 5.74) is 9.58. The number of halogens is 2. The molecule has 0 aliphatic carbocycles. The molecule has 3 heterocycles. The van der Waals surface area contributed by atoms with Crippen molar-refractivity contribution in [3.8, 4) is 0 Å². The van der Waals surface area contributed by atoms with Crippen LogP contribution < -0.4 is 0 Å². The number of fused-ring (bicyclic) bond motifs is 1. The maximum atomic E-state index is 6.29. The molecule has 36 heavy (non-hydrogen) atoms. The summed E-state index contributed by atoms with van der Waals surface area (Å²) in [4.78, 5) is 10.0. The highest BCUT2D eigenvalue weighted by molar-refractivity contribution is 8.16. The van der Waals surface area contributed by atoms with Crippen LogP contribution in [0.3, 0.4) is 0 Å². The Hall–Kier alpha value is -2.76. The lowest BCUT2D eigenvalue weighted by Gasteiger charge is -2.42. The number of likely N-dealkylation sites (N-methyl/N-ethyl adjacent to an activating group) is 1. The molecule has 0 aromatic heterocycles. The third-order valence-corrected chi connectivity index (χ3v) is 8.11. The molecule has 0 amide bonds. The van der Waals surface area contributed by atoms with Crippen LogP contribution in [0.1, 0.15) is 28.3 Å². The lowest BCUT2D eigenvalue weighted by Crippen LogP contribution is -2.40. The molecule has 0 unspecified atom stereocenters. The topological polar surface area (TPSA) is 18.8 Å². The van der Waals surface area contributed by atoms with Crippen LogP contribution >= 0.6 is 35.0 Å². The Kier molecular flexibility index (Phi) is 6.30. The van der Waals surface area contributed by atoms with Crippen molar-refractivity contribution in [2.24, 2.45) is 4.99 Å². The minimum atomic E-state index is 0.0312. The third-order valence-electron chi connectivity index (χ3n) is 6.77. The maximum Gasteiger partial charge on any atom is 0.174 e. The van der Waals surface area contributed by atoms with E-state index in [-0.39, 0.29) is 6.04 Å². The molecule has 0 saturated carbocycles. The molecule has 3 aromatic rings. The van der Waals surface area contributed by atoms with Gasteiger partial charge in [0.05, 0.1) is 17.4 Å². The summed E-state index contributed by atoms with van der Waals surface area (Å²) in [6.45, 7) is 3.81. The number of benzene rings is 3. The average molecular weight is 531 g/mol. The molecule has 1 atom stereocenters. The van der Waals surface area contributed by atoms with Crippen molar-refractivity contribution in [3.63, 3.8) is 0 Å². The van der Waals surface area contributed by atoms with Gasteiger partial charge in [-0.05, 0) is 72.1 Å². The van der Waals surface area contributed by atoms with E-state index in [1.54, 1.807) is 11.8 Å². The van der Waals surface area contributed by atoms with Crippen LogP contribution in [-0.4, -0.2) is 35.1 Å². The summed E-state index contributed by atoms with van der Waals surface area (Å²) in [6, 6.07) is 25.0. The van der Waals surface area contributed by atoms with Crippen LogP contribution in [0.15, 0.2) is 100 Å². The summed E-state index contributed by atoms with van der Waals surface area (Å²) < 4.78 is 0. The molecule has 0 bridgehead atoms. The summed E-state index contributed by atoms with van der Waals surface area (Å²) in [7, 11) is 2.17. The molecule has 3 nitrogen and oxygen atoms in total. The van der Waals surface area contributed by atoms with Crippen molar-refractivity contribution in [1.29, 1.82) is 0 Å². The van der Waals surface area contributed by atoms with E-state index in [2.05, 4.69) is 83.8 Å². The first-order valence-electron chi connectivity index (χ1n) is 11.9. The van der Waals surface area contributed by atoms with E-state index in [9.17, 15) is 0 Å². The van der Waals surface area contributed by atoms with Gasteiger partial charge in [0, 0.05) is 28.5 Å². The van der Waals surface area contributed by atoms with Gasteiger partial charge in [-0.2, -0.15) is 0 Å². The number of amidine groups is 1. The zero-order valence-electron chi connectivity index (χ0n) is 20.1. The number of nitrogens with zero attached hydrogens (tertiary/aromatic N) is 3. The van der Waals surface area contributed by atoms with Gasteiger partial charge >= 0.3 is 0 Å². The van der Waals surface area contributed by atoms with Crippen molar-refractivity contribution in [2.75, 3.05) is 20.1 Å². The Bertz CT molecular complexity index is 1440. The van der Waals surface area contributed by atoms with Crippen molar-refractivity contribution >= 4 is 51.9 Å². The van der Waals surface area contributed by atoms with Gasteiger partial charge < -0.3 is 4.90 Å². The molecule has 180 valence electrons. The normalized spacial score (nSPS) is 20.8. The highest BCUT2D eigenvalue weighted by atomic mass is 35.5. The van der Waals surface area contributed by atoms with E-state index in [1.807, 2.05) is 24.3 Å². The predicted octanol–water partition coefficient (Wildman–Crippen LogP) is 8.04. The van der Waals surface area contributed by atoms with Crippen LogP contribution in [0.4, 0.5) is 0 Å². The molecule has 0 N–H and O–H groups in total. The molecule has 0 radical (unpaired) electrons. The van der Waals surface area contributed by atoms with Gasteiger partial charge in [-0.1, -0.05) is 89.1 Å². The van der Waals surface area contributed by atoms with Crippen LogP contribution in [0.2, 0.25) is 10.0 Å². The number of hydrogen-bond donors (Lipinski definition) is 0. The third kappa shape index (κ3) is 4.44. The van der Waals surface area contributed by atoms with E-state index in [0.717, 1.165) is 39.6 Å².